The van der Waals surface area contributed by atoms with Crippen LogP contribution in [0.25, 0.3) is 0 Å². The first-order valence-electron chi connectivity index (χ1n) is 6.52. The maximum atomic E-state index is 10.6. The van der Waals surface area contributed by atoms with Crippen molar-refractivity contribution in [3.63, 3.8) is 0 Å². The molecular weight excluding hydrogens is 212 g/mol. The third kappa shape index (κ3) is 4.62. The SMILES string of the molecule is C=CCN(CC=C)CC1(O)CCCN(CC)C1. The van der Waals surface area contributed by atoms with Crippen molar-refractivity contribution in [2.24, 2.45) is 0 Å². The van der Waals surface area contributed by atoms with Crippen LogP contribution >= 0.6 is 0 Å². The first-order valence-corrected chi connectivity index (χ1v) is 6.52. The van der Waals surface area contributed by atoms with Gasteiger partial charge in [0, 0.05) is 26.2 Å². The van der Waals surface area contributed by atoms with Gasteiger partial charge >= 0.3 is 0 Å². The minimum atomic E-state index is -0.569. The number of β-amino-alcohol motifs (C(OH)–C–C–N with tert-alkyl or cyclic N) is 1. The summed E-state index contributed by atoms with van der Waals surface area (Å²) in [7, 11) is 0. The molecule has 0 radical (unpaired) electrons. The Hall–Kier alpha value is -0.640. The fourth-order valence-electron chi connectivity index (χ4n) is 2.59. The number of likely N-dealkylation sites (tertiary alicyclic amines) is 1. The van der Waals surface area contributed by atoms with E-state index in [1.165, 1.54) is 0 Å². The zero-order valence-electron chi connectivity index (χ0n) is 11.1. The second-order valence-electron chi connectivity index (χ2n) is 4.97. The van der Waals surface area contributed by atoms with Crippen LogP contribution < -0.4 is 0 Å². The molecule has 1 fully saturated rings. The molecular formula is C14H26N2O. The molecule has 98 valence electrons. The van der Waals surface area contributed by atoms with Crippen LogP contribution in [-0.4, -0.2) is 59.8 Å². The summed E-state index contributed by atoms with van der Waals surface area (Å²) in [4.78, 5) is 4.52. The Morgan fingerprint density at radius 2 is 2.00 bits per heavy atom. The number of nitrogens with zero attached hydrogens (tertiary/aromatic N) is 2. The van der Waals surface area contributed by atoms with Crippen LogP contribution in [0.5, 0.6) is 0 Å². The lowest BCUT2D eigenvalue weighted by Gasteiger charge is -2.41. The topological polar surface area (TPSA) is 26.7 Å². The standard InChI is InChI=1S/C14H26N2O/c1-4-9-16(10-5-2)13-14(17)8-7-11-15(6-3)12-14/h4-5,17H,1-2,6-13H2,3H3. The van der Waals surface area contributed by atoms with Gasteiger partial charge in [0.1, 0.15) is 0 Å². The van der Waals surface area contributed by atoms with E-state index in [0.29, 0.717) is 6.54 Å². The predicted octanol–water partition coefficient (Wildman–Crippen LogP) is 1.51. The number of likely N-dealkylation sites (N-methyl/N-ethyl adjacent to an activating group) is 1. The van der Waals surface area contributed by atoms with Gasteiger partial charge in [-0.1, -0.05) is 19.1 Å². The van der Waals surface area contributed by atoms with E-state index in [1.807, 2.05) is 12.2 Å². The molecule has 0 saturated carbocycles. The van der Waals surface area contributed by atoms with Crippen LogP contribution in [0.15, 0.2) is 25.3 Å². The molecule has 0 amide bonds. The smallest absolute Gasteiger partial charge is 0.0900 e. The first kappa shape index (κ1) is 14.4. The summed E-state index contributed by atoms with van der Waals surface area (Å²) in [6.07, 6.45) is 5.75. The molecule has 0 aromatic heterocycles. The summed E-state index contributed by atoms with van der Waals surface area (Å²) in [5.41, 5.74) is -0.569. The van der Waals surface area contributed by atoms with Gasteiger partial charge in [-0.05, 0) is 25.9 Å². The fraction of sp³-hybridized carbons (Fsp3) is 0.714. The van der Waals surface area contributed by atoms with E-state index in [4.69, 9.17) is 0 Å². The Morgan fingerprint density at radius 3 is 2.53 bits per heavy atom. The van der Waals surface area contributed by atoms with Crippen LogP contribution in [0.1, 0.15) is 19.8 Å². The van der Waals surface area contributed by atoms with Crippen molar-refractivity contribution >= 4 is 0 Å². The molecule has 17 heavy (non-hydrogen) atoms. The molecule has 1 saturated heterocycles. The Labute approximate surface area is 105 Å². The maximum absolute atomic E-state index is 10.6. The van der Waals surface area contributed by atoms with Crippen LogP contribution in [0.4, 0.5) is 0 Å². The molecule has 1 rings (SSSR count). The van der Waals surface area contributed by atoms with Crippen molar-refractivity contribution in [2.75, 3.05) is 39.3 Å². The summed E-state index contributed by atoms with van der Waals surface area (Å²) in [5.74, 6) is 0. The van der Waals surface area contributed by atoms with Gasteiger partial charge < -0.3 is 10.0 Å². The highest BCUT2D eigenvalue weighted by Crippen LogP contribution is 2.22. The number of piperidine rings is 1. The Morgan fingerprint density at radius 1 is 1.35 bits per heavy atom. The van der Waals surface area contributed by atoms with Gasteiger partial charge in [0.2, 0.25) is 0 Å². The quantitative estimate of drug-likeness (QED) is 0.681. The van der Waals surface area contributed by atoms with Gasteiger partial charge in [-0.3, -0.25) is 4.90 Å². The lowest BCUT2D eigenvalue weighted by Crippen LogP contribution is -2.54. The minimum Gasteiger partial charge on any atom is -0.387 e. The molecule has 3 heteroatoms. The largest absolute Gasteiger partial charge is 0.387 e. The van der Waals surface area contributed by atoms with Gasteiger partial charge in [0.05, 0.1) is 5.60 Å². The highest BCUT2D eigenvalue weighted by Gasteiger charge is 2.33. The molecule has 1 N–H and O–H groups in total. The molecule has 0 bridgehead atoms. The van der Waals surface area contributed by atoms with Crippen molar-refractivity contribution in [3.8, 4) is 0 Å². The lowest BCUT2D eigenvalue weighted by atomic mass is 9.92. The van der Waals surface area contributed by atoms with E-state index in [2.05, 4.69) is 29.9 Å². The molecule has 1 atom stereocenters. The monoisotopic (exact) mass is 238 g/mol. The molecule has 1 heterocycles. The van der Waals surface area contributed by atoms with Crippen molar-refractivity contribution in [3.05, 3.63) is 25.3 Å². The van der Waals surface area contributed by atoms with Crippen molar-refractivity contribution < 1.29 is 5.11 Å². The normalized spacial score (nSPS) is 26.1. The fourth-order valence-corrected chi connectivity index (χ4v) is 2.59. The van der Waals surface area contributed by atoms with Gasteiger partial charge in [0.15, 0.2) is 0 Å². The average Bonchev–Trinajstić information content (AvgIpc) is 2.29. The average molecular weight is 238 g/mol. The van der Waals surface area contributed by atoms with Crippen LogP contribution in [0, 0.1) is 0 Å². The van der Waals surface area contributed by atoms with E-state index in [0.717, 1.165) is 45.6 Å². The van der Waals surface area contributed by atoms with E-state index in [1.54, 1.807) is 0 Å². The zero-order valence-corrected chi connectivity index (χ0v) is 11.1. The van der Waals surface area contributed by atoms with Crippen LogP contribution in [0.2, 0.25) is 0 Å². The molecule has 0 aromatic rings. The summed E-state index contributed by atoms with van der Waals surface area (Å²) in [5, 5.41) is 10.6. The van der Waals surface area contributed by atoms with Gasteiger partial charge in [-0.15, -0.1) is 13.2 Å². The Balaban J connectivity index is 2.55. The third-order valence-corrected chi connectivity index (χ3v) is 3.37. The summed E-state index contributed by atoms with van der Waals surface area (Å²) in [6.45, 7) is 14.9. The van der Waals surface area contributed by atoms with Crippen molar-refractivity contribution in [2.45, 2.75) is 25.4 Å². The number of hydrogen-bond donors (Lipinski definition) is 1. The van der Waals surface area contributed by atoms with E-state index in [-0.39, 0.29) is 0 Å². The Kier molecular flexibility index (Phi) is 5.89. The second-order valence-corrected chi connectivity index (χ2v) is 4.97. The zero-order chi connectivity index (χ0) is 12.7. The molecule has 1 aliphatic heterocycles. The lowest BCUT2D eigenvalue weighted by molar-refractivity contribution is -0.0486. The third-order valence-electron chi connectivity index (χ3n) is 3.37. The first-order chi connectivity index (χ1) is 8.13. The minimum absolute atomic E-state index is 0.569. The van der Waals surface area contributed by atoms with Crippen LogP contribution in [-0.2, 0) is 0 Å². The van der Waals surface area contributed by atoms with Crippen molar-refractivity contribution in [1.29, 1.82) is 0 Å². The van der Waals surface area contributed by atoms with Gasteiger partial charge in [-0.2, -0.15) is 0 Å². The van der Waals surface area contributed by atoms with Crippen molar-refractivity contribution in [1.82, 2.24) is 9.80 Å². The molecule has 0 aliphatic carbocycles. The number of hydrogen-bond acceptors (Lipinski definition) is 3. The molecule has 0 spiro atoms. The Bertz CT molecular complexity index is 245. The highest BCUT2D eigenvalue weighted by molar-refractivity contribution is 4.92. The van der Waals surface area contributed by atoms with E-state index >= 15 is 0 Å². The summed E-state index contributed by atoms with van der Waals surface area (Å²) < 4.78 is 0. The van der Waals surface area contributed by atoms with Gasteiger partial charge in [0.25, 0.3) is 0 Å². The maximum Gasteiger partial charge on any atom is 0.0900 e. The van der Waals surface area contributed by atoms with E-state index in [9.17, 15) is 5.11 Å². The summed E-state index contributed by atoms with van der Waals surface area (Å²) in [6, 6.07) is 0. The predicted molar refractivity (Wildman–Crippen MR) is 73.1 cm³/mol. The number of aliphatic hydroxyl groups is 1. The highest BCUT2D eigenvalue weighted by atomic mass is 16.3. The molecule has 1 unspecified atom stereocenters. The summed E-state index contributed by atoms with van der Waals surface area (Å²) >= 11 is 0. The molecule has 0 aromatic carbocycles. The number of rotatable bonds is 7. The molecule has 1 aliphatic rings. The van der Waals surface area contributed by atoms with E-state index < -0.39 is 5.60 Å². The van der Waals surface area contributed by atoms with Crippen LogP contribution in [0.3, 0.4) is 0 Å². The molecule has 3 nitrogen and oxygen atoms in total. The second kappa shape index (κ2) is 6.94. The van der Waals surface area contributed by atoms with Gasteiger partial charge in [-0.25, -0.2) is 0 Å².